The van der Waals surface area contributed by atoms with Gasteiger partial charge < -0.3 is 14.7 Å². The van der Waals surface area contributed by atoms with Gasteiger partial charge in [0.15, 0.2) is 0 Å². The van der Waals surface area contributed by atoms with E-state index in [0.29, 0.717) is 29.3 Å². The zero-order valence-corrected chi connectivity index (χ0v) is 19.7. The summed E-state index contributed by atoms with van der Waals surface area (Å²) in [6.45, 7) is 3.89. The van der Waals surface area contributed by atoms with Crippen LogP contribution in [0.15, 0.2) is 78.9 Å². The van der Waals surface area contributed by atoms with E-state index < -0.39 is 16.6 Å². The lowest BCUT2D eigenvalue weighted by molar-refractivity contribution is -0.385. The Balaban J connectivity index is 1.62. The van der Waals surface area contributed by atoms with Gasteiger partial charge in [0.05, 0.1) is 10.5 Å². The molecule has 0 fully saturated rings. The first-order valence-electron chi connectivity index (χ1n) is 11.2. The van der Waals surface area contributed by atoms with Crippen molar-refractivity contribution in [3.8, 4) is 17.2 Å². The second kappa shape index (κ2) is 10.4. The first-order valence-corrected chi connectivity index (χ1v) is 11.2. The minimum Gasteiger partial charge on any atom is -0.508 e. The molecule has 1 N–H and O–H groups in total. The Morgan fingerprint density at radius 1 is 0.917 bits per heavy atom. The van der Waals surface area contributed by atoms with Gasteiger partial charge in [0.1, 0.15) is 28.9 Å². The first-order chi connectivity index (χ1) is 17.2. The Morgan fingerprint density at radius 3 is 2.33 bits per heavy atom. The molecule has 4 aromatic carbocycles. The zero-order valence-electron chi connectivity index (χ0n) is 19.7. The van der Waals surface area contributed by atoms with Gasteiger partial charge in [-0.2, -0.15) is 0 Å². The molecule has 0 aliphatic heterocycles. The summed E-state index contributed by atoms with van der Waals surface area (Å²) in [5.74, 6) is -0.190. The fraction of sp³-hybridized carbons (Fsp3) is 0.143. The van der Waals surface area contributed by atoms with Gasteiger partial charge in [-0.15, -0.1) is 0 Å². The van der Waals surface area contributed by atoms with Crippen LogP contribution in [0.3, 0.4) is 0 Å². The van der Waals surface area contributed by atoms with Gasteiger partial charge in [0.25, 0.3) is 5.69 Å². The van der Waals surface area contributed by atoms with Crippen LogP contribution in [0.1, 0.15) is 22.3 Å². The fourth-order valence-electron chi connectivity index (χ4n) is 4.04. The molecule has 6 nitrogen and oxygen atoms in total. The molecular weight excluding hydrogens is 466 g/mol. The summed E-state index contributed by atoms with van der Waals surface area (Å²) >= 11 is 0. The van der Waals surface area contributed by atoms with Crippen LogP contribution in [-0.4, -0.2) is 10.0 Å². The zero-order chi connectivity index (χ0) is 25.8. The smallest absolute Gasteiger partial charge is 0.274 e. The summed E-state index contributed by atoms with van der Waals surface area (Å²) in [6.07, 6.45) is 0. The van der Waals surface area contributed by atoms with Crippen molar-refractivity contribution in [2.75, 3.05) is 4.90 Å². The third kappa shape index (κ3) is 5.78. The number of hydrogen-bond donors (Lipinski definition) is 1. The number of halogens is 2. The number of phenols is 1. The Bertz CT molecular complexity index is 1390. The predicted molar refractivity (Wildman–Crippen MR) is 133 cm³/mol. The number of aromatic hydroxyl groups is 1. The SMILES string of the molecule is Cc1cc(O)cc(Oc2ccc(CN(Cc3ccc(F)cc3F)c3cccc([N+](=O)[O-])c3C)cc2)c1. The number of nitrogens with zero attached hydrogens (tertiary/aromatic N) is 2. The third-order valence-corrected chi connectivity index (χ3v) is 5.76. The molecule has 0 aromatic heterocycles. The monoisotopic (exact) mass is 490 g/mol. The van der Waals surface area contributed by atoms with Crippen molar-refractivity contribution in [1.82, 2.24) is 0 Å². The third-order valence-electron chi connectivity index (χ3n) is 5.76. The van der Waals surface area contributed by atoms with Crippen LogP contribution in [-0.2, 0) is 13.1 Å². The minimum atomic E-state index is -0.687. The Morgan fingerprint density at radius 2 is 1.67 bits per heavy atom. The molecule has 0 unspecified atom stereocenters. The predicted octanol–water partition coefficient (Wildman–Crippen LogP) is 7.19. The number of aryl methyl sites for hydroxylation is 1. The number of phenolic OH excluding ortho intramolecular Hbond substituents is 1. The second-order valence-electron chi connectivity index (χ2n) is 8.52. The van der Waals surface area contributed by atoms with E-state index >= 15 is 0 Å². The van der Waals surface area contributed by atoms with Crippen molar-refractivity contribution in [2.24, 2.45) is 0 Å². The molecule has 4 aromatic rings. The van der Waals surface area contributed by atoms with E-state index in [-0.39, 0.29) is 23.5 Å². The molecule has 0 aliphatic rings. The number of ether oxygens (including phenoxy) is 1. The Hall–Kier alpha value is -4.46. The van der Waals surface area contributed by atoms with Crippen molar-refractivity contribution in [1.29, 1.82) is 0 Å². The molecular formula is C28H24F2N2O4. The molecule has 0 amide bonds. The van der Waals surface area contributed by atoms with Gasteiger partial charge in [0, 0.05) is 42.5 Å². The van der Waals surface area contributed by atoms with Crippen LogP contribution in [0.25, 0.3) is 0 Å². The summed E-state index contributed by atoms with van der Waals surface area (Å²) < 4.78 is 33.8. The van der Waals surface area contributed by atoms with E-state index in [0.717, 1.165) is 17.2 Å². The maximum absolute atomic E-state index is 14.5. The van der Waals surface area contributed by atoms with Crippen LogP contribution >= 0.6 is 0 Å². The summed E-state index contributed by atoms with van der Waals surface area (Å²) in [5, 5.41) is 21.3. The second-order valence-corrected chi connectivity index (χ2v) is 8.52. The largest absolute Gasteiger partial charge is 0.508 e. The molecule has 0 heterocycles. The Labute approximate surface area is 207 Å². The van der Waals surface area contributed by atoms with Crippen molar-refractivity contribution < 1.29 is 23.5 Å². The quantitative estimate of drug-likeness (QED) is 0.209. The number of anilines is 1. The van der Waals surface area contributed by atoms with Gasteiger partial charge in [0.2, 0.25) is 0 Å². The van der Waals surface area contributed by atoms with Crippen LogP contribution in [0.2, 0.25) is 0 Å². The topological polar surface area (TPSA) is 75.8 Å². The van der Waals surface area contributed by atoms with Crippen molar-refractivity contribution >= 4 is 11.4 Å². The first kappa shape index (κ1) is 24.7. The number of nitro groups is 1. The molecule has 8 heteroatoms. The van der Waals surface area contributed by atoms with Crippen molar-refractivity contribution in [2.45, 2.75) is 26.9 Å². The molecule has 0 saturated heterocycles. The van der Waals surface area contributed by atoms with E-state index in [1.807, 2.05) is 24.0 Å². The van der Waals surface area contributed by atoms with E-state index in [4.69, 9.17) is 4.74 Å². The normalized spacial score (nSPS) is 10.8. The molecule has 0 saturated carbocycles. The Kier molecular flexibility index (Phi) is 7.15. The number of nitro benzene ring substituents is 1. The lowest BCUT2D eigenvalue weighted by Gasteiger charge is -2.27. The molecule has 36 heavy (non-hydrogen) atoms. The lowest BCUT2D eigenvalue weighted by Crippen LogP contribution is -2.24. The molecule has 184 valence electrons. The van der Waals surface area contributed by atoms with Crippen LogP contribution < -0.4 is 9.64 Å². The lowest BCUT2D eigenvalue weighted by atomic mass is 10.1. The molecule has 4 rings (SSSR count). The van der Waals surface area contributed by atoms with E-state index in [1.54, 1.807) is 43.3 Å². The highest BCUT2D eigenvalue weighted by molar-refractivity contribution is 5.62. The maximum Gasteiger partial charge on any atom is 0.274 e. The average molecular weight is 491 g/mol. The summed E-state index contributed by atoms with van der Waals surface area (Å²) in [6, 6.07) is 20.3. The van der Waals surface area contributed by atoms with Gasteiger partial charge in [-0.05, 0) is 61.4 Å². The molecule has 0 atom stereocenters. The van der Waals surface area contributed by atoms with E-state index in [2.05, 4.69) is 0 Å². The average Bonchev–Trinajstić information content (AvgIpc) is 2.81. The summed E-state index contributed by atoms with van der Waals surface area (Å²) in [5.41, 5.74) is 2.96. The number of benzene rings is 4. The highest BCUT2D eigenvalue weighted by atomic mass is 19.1. The molecule has 0 bridgehead atoms. The molecule has 0 radical (unpaired) electrons. The van der Waals surface area contributed by atoms with Crippen LogP contribution in [0.4, 0.5) is 20.2 Å². The van der Waals surface area contributed by atoms with E-state index in [9.17, 15) is 24.0 Å². The number of hydrogen-bond acceptors (Lipinski definition) is 5. The van der Waals surface area contributed by atoms with E-state index in [1.165, 1.54) is 24.3 Å². The highest BCUT2D eigenvalue weighted by Crippen LogP contribution is 2.32. The van der Waals surface area contributed by atoms with Crippen LogP contribution in [0, 0.1) is 35.6 Å². The number of rotatable bonds is 8. The molecule has 0 spiro atoms. The van der Waals surface area contributed by atoms with Crippen molar-refractivity contribution in [3.63, 3.8) is 0 Å². The summed E-state index contributed by atoms with van der Waals surface area (Å²) in [7, 11) is 0. The van der Waals surface area contributed by atoms with Gasteiger partial charge in [-0.1, -0.05) is 24.3 Å². The molecule has 0 aliphatic carbocycles. The maximum atomic E-state index is 14.5. The fourth-order valence-corrected chi connectivity index (χ4v) is 4.04. The van der Waals surface area contributed by atoms with Crippen molar-refractivity contribution in [3.05, 3.63) is 123 Å². The van der Waals surface area contributed by atoms with Crippen LogP contribution in [0.5, 0.6) is 17.2 Å². The van der Waals surface area contributed by atoms with Gasteiger partial charge in [-0.25, -0.2) is 8.78 Å². The standard InChI is InChI=1S/C28H24F2N2O4/c1-18-12-23(33)15-25(13-18)36-24-10-6-20(7-11-24)16-31(17-21-8-9-22(29)14-26(21)30)27-4-3-5-28(19(27)2)32(34)35/h3-15,33H,16-17H2,1-2H3. The van der Waals surface area contributed by atoms with Gasteiger partial charge in [-0.3, -0.25) is 10.1 Å². The minimum absolute atomic E-state index is 0.0396. The summed E-state index contributed by atoms with van der Waals surface area (Å²) in [4.78, 5) is 12.8. The van der Waals surface area contributed by atoms with Gasteiger partial charge >= 0.3 is 0 Å². The highest BCUT2D eigenvalue weighted by Gasteiger charge is 2.19.